The number of rotatable bonds is 11. The maximum atomic E-state index is 14.0. The van der Waals surface area contributed by atoms with E-state index >= 15 is 0 Å². The molecule has 0 aliphatic heterocycles. The fourth-order valence-corrected chi connectivity index (χ4v) is 5.04. The van der Waals surface area contributed by atoms with Crippen LogP contribution in [0.15, 0.2) is 66.9 Å². The fraction of sp³-hybridized carbons (Fsp3) is 0.250. The van der Waals surface area contributed by atoms with Crippen LogP contribution in [0.25, 0.3) is 11.3 Å². The van der Waals surface area contributed by atoms with Gasteiger partial charge in [0.2, 0.25) is 5.91 Å². The Hall–Kier alpha value is -4.96. The number of carbonyl (C=O) groups excluding carboxylic acids is 1. The average molecular weight is 571 g/mol. The number of methoxy groups -OCH3 is 1. The monoisotopic (exact) mass is 570 g/mol. The number of nitrogens with two attached hydrogens (primary N) is 1. The van der Waals surface area contributed by atoms with Crippen LogP contribution in [0.1, 0.15) is 61.8 Å². The summed E-state index contributed by atoms with van der Waals surface area (Å²) in [5.74, 6) is -1.79. The summed E-state index contributed by atoms with van der Waals surface area (Å²) < 4.78 is 5.19. The molecular weight excluding hydrogens is 536 g/mol. The number of nitrogens with zero attached hydrogens (tertiary/aromatic N) is 2. The molecule has 0 aliphatic carbocycles. The van der Waals surface area contributed by atoms with E-state index in [2.05, 4.69) is 4.98 Å². The van der Waals surface area contributed by atoms with Crippen LogP contribution in [-0.2, 0) is 17.8 Å². The van der Waals surface area contributed by atoms with Crippen LogP contribution < -0.4 is 10.5 Å². The largest absolute Gasteiger partial charge is 0.496 e. The van der Waals surface area contributed by atoms with E-state index in [4.69, 9.17) is 15.5 Å². The molecule has 1 heterocycles. The zero-order chi connectivity index (χ0) is 30.6. The Morgan fingerprint density at radius 2 is 1.67 bits per heavy atom. The van der Waals surface area contributed by atoms with Crippen molar-refractivity contribution in [3.8, 4) is 17.0 Å². The van der Waals surface area contributed by atoms with Gasteiger partial charge in [0.15, 0.2) is 0 Å². The van der Waals surface area contributed by atoms with Gasteiger partial charge in [0, 0.05) is 18.3 Å². The summed E-state index contributed by atoms with van der Waals surface area (Å²) in [5.41, 5.74) is 11.2. The number of carbonyl (C=O) groups is 3. The number of amides is 1. The lowest BCUT2D eigenvalue weighted by Crippen LogP contribution is -2.46. The number of benzene rings is 3. The lowest BCUT2D eigenvalue weighted by molar-refractivity contribution is -0.135. The number of hydrogen-bond donors (Lipinski definition) is 4. The summed E-state index contributed by atoms with van der Waals surface area (Å²) >= 11 is 0. The molecule has 0 radical (unpaired) electrons. The smallest absolute Gasteiger partial charge is 0.339 e. The summed E-state index contributed by atoms with van der Waals surface area (Å²) in [6.07, 6.45) is 1.96. The predicted molar refractivity (Wildman–Crippen MR) is 157 cm³/mol. The lowest BCUT2D eigenvalue weighted by atomic mass is 9.93. The molecule has 4 rings (SSSR count). The highest BCUT2D eigenvalue weighted by Gasteiger charge is 2.29. The second kappa shape index (κ2) is 12.7. The van der Waals surface area contributed by atoms with Crippen molar-refractivity contribution in [1.29, 1.82) is 0 Å². The Labute approximate surface area is 243 Å². The van der Waals surface area contributed by atoms with Crippen LogP contribution in [-0.4, -0.2) is 56.1 Å². The van der Waals surface area contributed by atoms with E-state index in [-0.39, 0.29) is 35.7 Å². The first-order valence-electron chi connectivity index (χ1n) is 13.4. The molecule has 0 saturated heterocycles. The summed E-state index contributed by atoms with van der Waals surface area (Å²) in [7, 11) is 1.40. The number of nitrogens with one attached hydrogen (secondary N) is 1. The molecule has 42 heavy (non-hydrogen) atoms. The van der Waals surface area contributed by atoms with Gasteiger partial charge in [-0.25, -0.2) is 14.6 Å². The Kier molecular flexibility index (Phi) is 9.07. The quantitative estimate of drug-likeness (QED) is 0.201. The van der Waals surface area contributed by atoms with Crippen molar-refractivity contribution >= 4 is 17.8 Å². The van der Waals surface area contributed by atoms with Crippen LogP contribution in [0.5, 0.6) is 5.75 Å². The molecule has 2 atom stereocenters. The van der Waals surface area contributed by atoms with Gasteiger partial charge in [-0.2, -0.15) is 0 Å². The Morgan fingerprint density at radius 3 is 2.26 bits per heavy atom. The Balaban J connectivity index is 1.68. The van der Waals surface area contributed by atoms with Crippen LogP contribution in [0.4, 0.5) is 0 Å². The van der Waals surface area contributed by atoms with Crippen molar-refractivity contribution in [2.45, 2.75) is 45.8 Å². The SMILES string of the molecule is COc1ccc(CN(C(=O)C(N)Cc2c(C)cc(C(=O)O)cc2C)C(C)c2nc(-c3ccccc3)c[nH]2)cc1C(=O)O. The number of hydrogen-bond acceptors (Lipinski definition) is 6. The molecule has 0 saturated carbocycles. The summed E-state index contributed by atoms with van der Waals surface area (Å²) in [6.45, 7) is 5.49. The first kappa shape index (κ1) is 30.0. The number of carboxylic acids is 2. The number of aromatic nitrogens is 2. The molecule has 0 spiro atoms. The third-order valence-electron chi connectivity index (χ3n) is 7.34. The molecule has 1 amide bonds. The second-order valence-corrected chi connectivity index (χ2v) is 10.2. The minimum absolute atomic E-state index is 0.0199. The molecule has 5 N–H and O–H groups in total. The van der Waals surface area contributed by atoms with Crippen molar-refractivity contribution < 1.29 is 29.3 Å². The maximum absolute atomic E-state index is 14.0. The molecule has 4 aromatic rings. The van der Waals surface area contributed by atoms with Crippen LogP contribution in [0, 0.1) is 13.8 Å². The van der Waals surface area contributed by atoms with Gasteiger partial charge >= 0.3 is 11.9 Å². The molecule has 0 bridgehead atoms. The maximum Gasteiger partial charge on any atom is 0.339 e. The van der Waals surface area contributed by atoms with E-state index in [0.29, 0.717) is 11.4 Å². The molecule has 0 fully saturated rings. The van der Waals surface area contributed by atoms with Gasteiger partial charge in [-0.05, 0) is 73.7 Å². The number of aromatic amines is 1. The minimum atomic E-state index is -1.15. The number of carboxylic acid groups (broad SMARTS) is 2. The predicted octanol–water partition coefficient (Wildman–Crippen LogP) is 4.76. The average Bonchev–Trinajstić information content (AvgIpc) is 3.47. The van der Waals surface area contributed by atoms with E-state index < -0.39 is 24.0 Å². The number of ether oxygens (including phenoxy) is 1. The molecule has 3 aromatic carbocycles. The summed E-state index contributed by atoms with van der Waals surface area (Å²) in [5, 5.41) is 19.1. The zero-order valence-corrected chi connectivity index (χ0v) is 23.9. The van der Waals surface area contributed by atoms with E-state index in [1.807, 2.05) is 37.3 Å². The number of imidazole rings is 1. The summed E-state index contributed by atoms with van der Waals surface area (Å²) in [6, 6.07) is 16.0. The zero-order valence-electron chi connectivity index (χ0n) is 23.9. The van der Waals surface area contributed by atoms with Crippen molar-refractivity contribution in [2.75, 3.05) is 7.11 Å². The van der Waals surface area contributed by atoms with Gasteiger partial charge in [0.1, 0.15) is 17.1 Å². The van der Waals surface area contributed by atoms with Gasteiger partial charge in [-0.3, -0.25) is 4.79 Å². The van der Waals surface area contributed by atoms with Crippen LogP contribution >= 0.6 is 0 Å². The first-order chi connectivity index (χ1) is 20.0. The Bertz CT molecular complexity index is 1590. The normalized spacial score (nSPS) is 12.4. The van der Waals surface area contributed by atoms with E-state index in [1.165, 1.54) is 13.2 Å². The fourth-order valence-electron chi connectivity index (χ4n) is 5.04. The van der Waals surface area contributed by atoms with Gasteiger partial charge in [0.05, 0.1) is 30.5 Å². The molecule has 2 unspecified atom stereocenters. The van der Waals surface area contributed by atoms with E-state index in [9.17, 15) is 24.6 Å². The molecule has 1 aromatic heterocycles. The van der Waals surface area contributed by atoms with Crippen LogP contribution in [0.2, 0.25) is 0 Å². The van der Waals surface area contributed by atoms with E-state index in [1.54, 1.807) is 49.2 Å². The minimum Gasteiger partial charge on any atom is -0.496 e. The van der Waals surface area contributed by atoms with Gasteiger partial charge in [0.25, 0.3) is 0 Å². The van der Waals surface area contributed by atoms with Gasteiger partial charge in [-0.15, -0.1) is 0 Å². The second-order valence-electron chi connectivity index (χ2n) is 10.2. The molecule has 218 valence electrons. The third-order valence-corrected chi connectivity index (χ3v) is 7.34. The number of aryl methyl sites for hydroxylation is 2. The molecule has 10 nitrogen and oxygen atoms in total. The van der Waals surface area contributed by atoms with Crippen molar-refractivity contribution in [3.05, 3.63) is 106 Å². The van der Waals surface area contributed by atoms with Crippen molar-refractivity contribution in [3.63, 3.8) is 0 Å². The van der Waals surface area contributed by atoms with E-state index in [0.717, 1.165) is 27.9 Å². The highest BCUT2D eigenvalue weighted by atomic mass is 16.5. The standard InChI is InChI=1S/C32H34N4O6/c1-18-12-23(31(38)39)13-19(2)24(18)15-26(33)30(37)36(17-21-10-11-28(42-4)25(14-21)32(40)41)20(3)29-34-16-27(35-29)22-8-6-5-7-9-22/h5-14,16,20,26H,15,17,33H2,1-4H3,(H,34,35)(H,38,39)(H,40,41). The molecular formula is C32H34N4O6. The van der Waals surface area contributed by atoms with Crippen molar-refractivity contribution in [1.82, 2.24) is 14.9 Å². The Morgan fingerprint density at radius 1 is 1.00 bits per heavy atom. The highest BCUT2D eigenvalue weighted by Crippen LogP contribution is 2.28. The van der Waals surface area contributed by atoms with Crippen LogP contribution in [0.3, 0.4) is 0 Å². The number of H-pyrrole nitrogens is 1. The highest BCUT2D eigenvalue weighted by molar-refractivity contribution is 5.91. The molecule has 10 heteroatoms. The summed E-state index contributed by atoms with van der Waals surface area (Å²) in [4.78, 5) is 46.8. The lowest BCUT2D eigenvalue weighted by Gasteiger charge is -2.31. The molecule has 0 aliphatic rings. The number of aromatic carboxylic acids is 2. The first-order valence-corrected chi connectivity index (χ1v) is 13.4. The third kappa shape index (κ3) is 6.50. The van der Waals surface area contributed by atoms with Gasteiger partial charge in [-0.1, -0.05) is 36.4 Å². The topological polar surface area (TPSA) is 159 Å². The van der Waals surface area contributed by atoms with Crippen molar-refractivity contribution in [2.24, 2.45) is 5.73 Å². The van der Waals surface area contributed by atoms with Gasteiger partial charge < -0.3 is 30.6 Å².